The van der Waals surface area contributed by atoms with Crippen LogP contribution >= 0.6 is 0 Å². The molecule has 0 saturated heterocycles. The third-order valence-corrected chi connectivity index (χ3v) is 1.77. The molecule has 0 fully saturated rings. The van der Waals surface area contributed by atoms with Gasteiger partial charge in [-0.25, -0.2) is 4.98 Å². The average Bonchev–Trinajstić information content (AvgIpc) is 2.27. The maximum Gasteiger partial charge on any atom is 0.168 e. The summed E-state index contributed by atoms with van der Waals surface area (Å²) in [6.07, 6.45) is -2.02. The summed E-state index contributed by atoms with van der Waals surface area (Å²) in [6.45, 7) is -0.561. The first-order chi connectivity index (χ1) is 6.69. The van der Waals surface area contributed by atoms with Gasteiger partial charge in [-0.15, -0.1) is 0 Å². The second-order valence-corrected chi connectivity index (χ2v) is 2.80. The van der Waals surface area contributed by atoms with Crippen molar-refractivity contribution in [3.8, 4) is 0 Å². The van der Waals surface area contributed by atoms with E-state index in [9.17, 15) is 9.90 Å². The number of aliphatic hydroxyl groups excluding tert-OH is 3. The third kappa shape index (κ3) is 2.35. The van der Waals surface area contributed by atoms with Gasteiger partial charge in [-0.05, 0) is 12.1 Å². The number of aldehydes is 1. The quantitative estimate of drug-likeness (QED) is 0.554. The van der Waals surface area contributed by atoms with E-state index in [4.69, 9.17) is 10.2 Å². The Balaban J connectivity index is 2.89. The van der Waals surface area contributed by atoms with Crippen LogP contribution in [-0.2, 0) is 0 Å². The Bertz CT molecular complexity index is 315. The lowest BCUT2D eigenvalue weighted by Crippen LogP contribution is -2.23. The smallest absolute Gasteiger partial charge is 0.168 e. The molecule has 0 spiro atoms. The topological polar surface area (TPSA) is 90.7 Å². The number of hydrogen-bond donors (Lipinski definition) is 3. The summed E-state index contributed by atoms with van der Waals surface area (Å²) in [5.41, 5.74) is 0.336. The first-order valence-corrected chi connectivity index (χ1v) is 4.08. The molecule has 1 rings (SSSR count). The van der Waals surface area contributed by atoms with Gasteiger partial charge in [-0.3, -0.25) is 4.79 Å². The van der Waals surface area contributed by atoms with Crippen LogP contribution in [0.25, 0.3) is 0 Å². The summed E-state index contributed by atoms with van der Waals surface area (Å²) in [6, 6.07) is 4.49. The molecule has 1 aromatic heterocycles. The normalized spacial score (nSPS) is 14.8. The molecule has 14 heavy (non-hydrogen) atoms. The summed E-state index contributed by atoms with van der Waals surface area (Å²) in [7, 11) is 0. The van der Waals surface area contributed by atoms with Crippen molar-refractivity contribution in [3.05, 3.63) is 29.6 Å². The highest BCUT2D eigenvalue weighted by atomic mass is 16.4. The minimum Gasteiger partial charge on any atom is -0.394 e. The molecule has 1 aromatic rings. The van der Waals surface area contributed by atoms with Gasteiger partial charge in [-0.1, -0.05) is 6.07 Å². The highest BCUT2D eigenvalue weighted by Crippen LogP contribution is 2.14. The predicted molar refractivity (Wildman–Crippen MR) is 47.7 cm³/mol. The molecular formula is C9H11NO4. The molecule has 2 atom stereocenters. The van der Waals surface area contributed by atoms with Crippen LogP contribution in [0.2, 0.25) is 0 Å². The molecule has 76 valence electrons. The van der Waals surface area contributed by atoms with E-state index >= 15 is 0 Å². The Morgan fingerprint density at radius 1 is 1.43 bits per heavy atom. The molecule has 5 heteroatoms. The minimum atomic E-state index is -1.29. The van der Waals surface area contributed by atoms with Crippen LogP contribution in [-0.4, -0.2) is 39.3 Å². The lowest BCUT2D eigenvalue weighted by molar-refractivity contribution is -0.0173. The zero-order valence-corrected chi connectivity index (χ0v) is 7.37. The Hall–Kier alpha value is -1.30. The monoisotopic (exact) mass is 197 g/mol. The van der Waals surface area contributed by atoms with Gasteiger partial charge >= 0.3 is 0 Å². The molecule has 5 nitrogen and oxygen atoms in total. The Morgan fingerprint density at radius 2 is 2.14 bits per heavy atom. The van der Waals surface area contributed by atoms with Crippen molar-refractivity contribution >= 4 is 6.29 Å². The highest BCUT2D eigenvalue weighted by molar-refractivity contribution is 5.71. The van der Waals surface area contributed by atoms with E-state index in [-0.39, 0.29) is 11.4 Å². The molecule has 0 bridgehead atoms. The van der Waals surface area contributed by atoms with Gasteiger partial charge in [-0.2, -0.15) is 0 Å². The van der Waals surface area contributed by atoms with E-state index in [1.165, 1.54) is 12.1 Å². The SMILES string of the molecule is O=Cc1cccc(C(O)C(O)CO)n1. The van der Waals surface area contributed by atoms with Crippen LogP contribution in [0.5, 0.6) is 0 Å². The molecule has 0 aliphatic rings. The van der Waals surface area contributed by atoms with E-state index in [1.807, 2.05) is 0 Å². The van der Waals surface area contributed by atoms with E-state index in [2.05, 4.69) is 4.98 Å². The van der Waals surface area contributed by atoms with Gasteiger partial charge in [0.15, 0.2) is 6.29 Å². The van der Waals surface area contributed by atoms with Gasteiger partial charge in [0.25, 0.3) is 0 Å². The first-order valence-electron chi connectivity index (χ1n) is 4.08. The number of nitrogens with zero attached hydrogens (tertiary/aromatic N) is 1. The van der Waals surface area contributed by atoms with Crippen LogP contribution in [0.15, 0.2) is 18.2 Å². The molecule has 3 N–H and O–H groups in total. The fourth-order valence-electron chi connectivity index (χ4n) is 0.996. The van der Waals surface area contributed by atoms with Crippen LogP contribution in [0, 0.1) is 0 Å². The molecule has 0 amide bonds. The minimum absolute atomic E-state index is 0.163. The largest absolute Gasteiger partial charge is 0.394 e. The van der Waals surface area contributed by atoms with Crippen molar-refractivity contribution in [2.45, 2.75) is 12.2 Å². The molecular weight excluding hydrogens is 186 g/mol. The first kappa shape index (κ1) is 10.8. The molecule has 1 heterocycles. The zero-order chi connectivity index (χ0) is 10.6. The Kier molecular flexibility index (Phi) is 3.70. The fourth-order valence-corrected chi connectivity index (χ4v) is 0.996. The Labute approximate surface area is 80.7 Å². The number of aromatic nitrogens is 1. The summed E-state index contributed by atoms with van der Waals surface area (Å²) in [4.78, 5) is 14.1. The molecule has 0 aromatic carbocycles. The number of carbonyl (C=O) groups is 1. The van der Waals surface area contributed by atoms with E-state index in [0.717, 1.165) is 0 Å². The van der Waals surface area contributed by atoms with Gasteiger partial charge in [0.2, 0.25) is 0 Å². The van der Waals surface area contributed by atoms with Crippen molar-refractivity contribution in [2.24, 2.45) is 0 Å². The molecule has 0 saturated carbocycles. The summed E-state index contributed by atoms with van der Waals surface area (Å²) in [5, 5.41) is 27.1. The highest BCUT2D eigenvalue weighted by Gasteiger charge is 2.18. The number of pyridine rings is 1. The maximum atomic E-state index is 10.4. The lowest BCUT2D eigenvalue weighted by atomic mass is 10.1. The summed E-state index contributed by atoms with van der Waals surface area (Å²) < 4.78 is 0. The summed E-state index contributed by atoms with van der Waals surface area (Å²) in [5.74, 6) is 0. The molecule has 0 radical (unpaired) electrons. The second-order valence-electron chi connectivity index (χ2n) is 2.80. The van der Waals surface area contributed by atoms with Gasteiger partial charge in [0, 0.05) is 0 Å². The maximum absolute atomic E-state index is 10.4. The number of carbonyl (C=O) groups excluding carboxylic acids is 1. The van der Waals surface area contributed by atoms with Crippen molar-refractivity contribution < 1.29 is 20.1 Å². The van der Waals surface area contributed by atoms with Crippen LogP contribution < -0.4 is 0 Å². The van der Waals surface area contributed by atoms with Crippen molar-refractivity contribution in [2.75, 3.05) is 6.61 Å². The van der Waals surface area contributed by atoms with Crippen LogP contribution in [0.4, 0.5) is 0 Å². The fraction of sp³-hybridized carbons (Fsp3) is 0.333. The molecule has 2 unspecified atom stereocenters. The molecule has 0 aliphatic heterocycles. The van der Waals surface area contributed by atoms with Gasteiger partial charge < -0.3 is 15.3 Å². The van der Waals surface area contributed by atoms with E-state index in [0.29, 0.717) is 6.29 Å². The van der Waals surface area contributed by atoms with Crippen molar-refractivity contribution in [1.29, 1.82) is 0 Å². The van der Waals surface area contributed by atoms with Crippen molar-refractivity contribution in [1.82, 2.24) is 4.98 Å². The number of hydrogen-bond acceptors (Lipinski definition) is 5. The summed E-state index contributed by atoms with van der Waals surface area (Å²) >= 11 is 0. The average molecular weight is 197 g/mol. The van der Waals surface area contributed by atoms with E-state index < -0.39 is 18.8 Å². The van der Waals surface area contributed by atoms with Crippen LogP contribution in [0.3, 0.4) is 0 Å². The number of aliphatic hydroxyl groups is 3. The second kappa shape index (κ2) is 4.80. The third-order valence-electron chi connectivity index (χ3n) is 1.77. The number of rotatable bonds is 4. The van der Waals surface area contributed by atoms with Gasteiger partial charge in [0.05, 0.1) is 12.3 Å². The Morgan fingerprint density at radius 3 is 2.71 bits per heavy atom. The van der Waals surface area contributed by atoms with E-state index in [1.54, 1.807) is 6.07 Å². The molecule has 0 aliphatic carbocycles. The lowest BCUT2D eigenvalue weighted by Gasteiger charge is -2.14. The van der Waals surface area contributed by atoms with Crippen molar-refractivity contribution in [3.63, 3.8) is 0 Å². The predicted octanol–water partition coefficient (Wildman–Crippen LogP) is -0.719. The zero-order valence-electron chi connectivity index (χ0n) is 7.37. The standard InChI is InChI=1S/C9H11NO4/c11-4-6-2-1-3-7(10-6)9(14)8(13)5-12/h1-4,8-9,12-14H,5H2. The van der Waals surface area contributed by atoms with Crippen LogP contribution in [0.1, 0.15) is 22.3 Å². The van der Waals surface area contributed by atoms with Gasteiger partial charge in [0.1, 0.15) is 17.9 Å².